The Morgan fingerprint density at radius 1 is 1.00 bits per heavy atom. The molecule has 1 N–H and O–H groups in total. The van der Waals surface area contributed by atoms with Crippen LogP contribution in [0.4, 0.5) is 10.1 Å². The van der Waals surface area contributed by atoms with Crippen molar-refractivity contribution < 1.29 is 13.9 Å². The van der Waals surface area contributed by atoms with E-state index in [9.17, 15) is 9.18 Å². The molecule has 3 rings (SSSR count). The van der Waals surface area contributed by atoms with Gasteiger partial charge in [0.05, 0.1) is 13.0 Å². The molecule has 0 saturated carbocycles. The molecular formula is C22H20FNO2. The fourth-order valence-corrected chi connectivity index (χ4v) is 2.73. The van der Waals surface area contributed by atoms with E-state index in [-0.39, 0.29) is 11.7 Å². The number of ether oxygens (including phenoxy) is 1. The summed E-state index contributed by atoms with van der Waals surface area (Å²) in [5.74, 6) is -0.286. The SMILES string of the molecule is COc1ccc(NC(=O)C(C)c2ccc(-c3ccccc3)c(F)c2)cc1. The third kappa shape index (κ3) is 3.91. The Hall–Kier alpha value is -3.14. The van der Waals surface area contributed by atoms with Gasteiger partial charge in [0.15, 0.2) is 0 Å². The smallest absolute Gasteiger partial charge is 0.231 e. The molecule has 0 spiro atoms. The number of methoxy groups -OCH3 is 1. The lowest BCUT2D eigenvalue weighted by molar-refractivity contribution is -0.117. The van der Waals surface area contributed by atoms with Crippen LogP contribution in [0.5, 0.6) is 5.75 Å². The fraction of sp³-hybridized carbons (Fsp3) is 0.136. The Balaban J connectivity index is 1.75. The quantitative estimate of drug-likeness (QED) is 0.684. The molecular weight excluding hydrogens is 329 g/mol. The number of hydrogen-bond acceptors (Lipinski definition) is 2. The minimum absolute atomic E-state index is 0.193. The van der Waals surface area contributed by atoms with Gasteiger partial charge in [0, 0.05) is 11.3 Å². The summed E-state index contributed by atoms with van der Waals surface area (Å²) in [6.07, 6.45) is 0. The van der Waals surface area contributed by atoms with Gasteiger partial charge < -0.3 is 10.1 Å². The minimum Gasteiger partial charge on any atom is -0.497 e. The van der Waals surface area contributed by atoms with Gasteiger partial charge in [-0.2, -0.15) is 0 Å². The maximum absolute atomic E-state index is 14.5. The van der Waals surface area contributed by atoms with Crippen molar-refractivity contribution in [2.24, 2.45) is 0 Å². The highest BCUT2D eigenvalue weighted by Gasteiger charge is 2.17. The summed E-state index contributed by atoms with van der Waals surface area (Å²) in [7, 11) is 1.59. The zero-order chi connectivity index (χ0) is 18.5. The first-order chi connectivity index (χ1) is 12.6. The van der Waals surface area contributed by atoms with Gasteiger partial charge in [0.25, 0.3) is 0 Å². The lowest BCUT2D eigenvalue weighted by atomic mass is 9.96. The summed E-state index contributed by atoms with van der Waals surface area (Å²) in [6, 6.07) is 21.4. The lowest BCUT2D eigenvalue weighted by Crippen LogP contribution is -2.19. The largest absolute Gasteiger partial charge is 0.497 e. The van der Waals surface area contributed by atoms with E-state index >= 15 is 0 Å². The van der Waals surface area contributed by atoms with Crippen molar-refractivity contribution in [3.63, 3.8) is 0 Å². The van der Waals surface area contributed by atoms with E-state index in [4.69, 9.17) is 4.74 Å². The summed E-state index contributed by atoms with van der Waals surface area (Å²) < 4.78 is 19.6. The van der Waals surface area contributed by atoms with E-state index in [2.05, 4.69) is 5.32 Å². The molecule has 3 aromatic carbocycles. The van der Waals surface area contributed by atoms with Gasteiger partial charge in [-0.05, 0) is 48.4 Å². The van der Waals surface area contributed by atoms with Crippen LogP contribution in [0.3, 0.4) is 0 Å². The normalized spacial score (nSPS) is 11.7. The molecule has 3 nitrogen and oxygen atoms in total. The molecule has 0 heterocycles. The van der Waals surface area contributed by atoms with Gasteiger partial charge in [-0.15, -0.1) is 0 Å². The molecule has 0 aliphatic heterocycles. The van der Waals surface area contributed by atoms with Crippen molar-refractivity contribution in [2.45, 2.75) is 12.8 Å². The van der Waals surface area contributed by atoms with Crippen LogP contribution in [0.1, 0.15) is 18.4 Å². The Bertz CT molecular complexity index is 892. The second kappa shape index (κ2) is 7.83. The van der Waals surface area contributed by atoms with Crippen LogP contribution in [0.25, 0.3) is 11.1 Å². The van der Waals surface area contributed by atoms with Gasteiger partial charge in [-0.1, -0.05) is 42.5 Å². The van der Waals surface area contributed by atoms with Gasteiger partial charge in [-0.3, -0.25) is 4.79 Å². The van der Waals surface area contributed by atoms with E-state index in [1.807, 2.05) is 30.3 Å². The Morgan fingerprint density at radius 3 is 2.31 bits per heavy atom. The highest BCUT2D eigenvalue weighted by Crippen LogP contribution is 2.27. The average Bonchev–Trinajstić information content (AvgIpc) is 2.68. The van der Waals surface area contributed by atoms with Gasteiger partial charge in [-0.25, -0.2) is 4.39 Å². The standard InChI is InChI=1S/C22H20FNO2/c1-15(22(25)24-18-9-11-19(26-2)12-10-18)17-8-13-20(21(23)14-17)16-6-4-3-5-7-16/h3-15H,1-2H3,(H,24,25). The molecule has 4 heteroatoms. The van der Waals surface area contributed by atoms with E-state index in [0.29, 0.717) is 16.8 Å². The number of nitrogens with one attached hydrogen (secondary N) is 1. The minimum atomic E-state index is -0.476. The number of carbonyl (C=O) groups is 1. The monoisotopic (exact) mass is 349 g/mol. The van der Waals surface area contributed by atoms with Crippen molar-refractivity contribution in [1.82, 2.24) is 0 Å². The van der Waals surface area contributed by atoms with Crippen LogP contribution >= 0.6 is 0 Å². The van der Waals surface area contributed by atoms with Crippen LogP contribution in [0.15, 0.2) is 72.8 Å². The molecule has 1 atom stereocenters. The number of carbonyl (C=O) groups excluding carboxylic acids is 1. The molecule has 0 saturated heterocycles. The molecule has 0 radical (unpaired) electrons. The maximum Gasteiger partial charge on any atom is 0.231 e. The summed E-state index contributed by atoms with van der Waals surface area (Å²) >= 11 is 0. The van der Waals surface area contributed by atoms with Crippen molar-refractivity contribution in [3.05, 3.63) is 84.2 Å². The van der Waals surface area contributed by atoms with Crippen molar-refractivity contribution in [2.75, 3.05) is 12.4 Å². The van der Waals surface area contributed by atoms with Crippen LogP contribution in [-0.2, 0) is 4.79 Å². The first-order valence-corrected chi connectivity index (χ1v) is 8.38. The molecule has 0 aliphatic carbocycles. The molecule has 0 bridgehead atoms. The summed E-state index contributed by atoms with van der Waals surface area (Å²) in [6.45, 7) is 1.76. The van der Waals surface area contributed by atoms with Crippen molar-refractivity contribution in [3.8, 4) is 16.9 Å². The number of hydrogen-bond donors (Lipinski definition) is 1. The molecule has 0 aromatic heterocycles. The average molecular weight is 349 g/mol. The number of benzene rings is 3. The zero-order valence-electron chi connectivity index (χ0n) is 14.7. The highest BCUT2D eigenvalue weighted by atomic mass is 19.1. The molecule has 26 heavy (non-hydrogen) atoms. The van der Waals surface area contributed by atoms with E-state index < -0.39 is 5.92 Å². The predicted molar refractivity (Wildman–Crippen MR) is 102 cm³/mol. The van der Waals surface area contributed by atoms with Gasteiger partial charge >= 0.3 is 0 Å². The maximum atomic E-state index is 14.5. The van der Waals surface area contributed by atoms with Crippen LogP contribution in [-0.4, -0.2) is 13.0 Å². The van der Waals surface area contributed by atoms with Gasteiger partial charge in [0.2, 0.25) is 5.91 Å². The third-order valence-corrected chi connectivity index (χ3v) is 4.33. The number of halogens is 1. The summed E-state index contributed by atoms with van der Waals surface area (Å²) in [5, 5.41) is 2.84. The third-order valence-electron chi connectivity index (χ3n) is 4.33. The second-order valence-corrected chi connectivity index (χ2v) is 6.04. The van der Waals surface area contributed by atoms with Gasteiger partial charge in [0.1, 0.15) is 11.6 Å². The van der Waals surface area contributed by atoms with Crippen LogP contribution in [0.2, 0.25) is 0 Å². The molecule has 0 aliphatic rings. The molecule has 0 fully saturated rings. The van der Waals surface area contributed by atoms with E-state index in [1.54, 1.807) is 50.4 Å². The number of anilines is 1. The first-order valence-electron chi connectivity index (χ1n) is 8.38. The lowest BCUT2D eigenvalue weighted by Gasteiger charge is -2.14. The van der Waals surface area contributed by atoms with Crippen molar-refractivity contribution in [1.29, 1.82) is 0 Å². The fourth-order valence-electron chi connectivity index (χ4n) is 2.73. The zero-order valence-corrected chi connectivity index (χ0v) is 14.7. The first kappa shape index (κ1) is 17.7. The Labute approximate surface area is 152 Å². The summed E-state index contributed by atoms with van der Waals surface area (Å²) in [4.78, 5) is 12.5. The molecule has 132 valence electrons. The van der Waals surface area contributed by atoms with Crippen LogP contribution < -0.4 is 10.1 Å². The van der Waals surface area contributed by atoms with Crippen molar-refractivity contribution >= 4 is 11.6 Å². The molecule has 3 aromatic rings. The Kier molecular flexibility index (Phi) is 5.32. The topological polar surface area (TPSA) is 38.3 Å². The molecule has 1 unspecified atom stereocenters. The Morgan fingerprint density at radius 2 is 1.69 bits per heavy atom. The summed E-state index contributed by atoms with van der Waals surface area (Å²) in [5.41, 5.74) is 2.64. The van der Waals surface area contributed by atoms with E-state index in [1.165, 1.54) is 6.07 Å². The highest BCUT2D eigenvalue weighted by molar-refractivity contribution is 5.95. The van der Waals surface area contributed by atoms with Crippen LogP contribution in [0, 0.1) is 5.82 Å². The number of rotatable bonds is 5. The predicted octanol–water partition coefficient (Wildman–Crippen LogP) is 5.24. The second-order valence-electron chi connectivity index (χ2n) is 6.04. The number of amides is 1. The molecule has 1 amide bonds. The van der Waals surface area contributed by atoms with E-state index in [0.717, 1.165) is 11.3 Å².